The first-order valence-corrected chi connectivity index (χ1v) is 5.04. The van der Waals surface area contributed by atoms with Crippen molar-refractivity contribution in [1.82, 2.24) is 4.98 Å². The highest BCUT2D eigenvalue weighted by molar-refractivity contribution is 6.30. The van der Waals surface area contributed by atoms with Crippen LogP contribution in [0.25, 0.3) is 11.1 Å². The van der Waals surface area contributed by atoms with Gasteiger partial charge >= 0.3 is 6.18 Å². The van der Waals surface area contributed by atoms with Crippen molar-refractivity contribution in [3.05, 3.63) is 53.3 Å². The lowest BCUT2D eigenvalue weighted by Crippen LogP contribution is -2.06. The van der Waals surface area contributed by atoms with E-state index in [0.717, 1.165) is 6.07 Å². The molecule has 1 nitrogen and oxygen atoms in total. The van der Waals surface area contributed by atoms with Crippen LogP contribution in [0.4, 0.5) is 13.2 Å². The van der Waals surface area contributed by atoms with Gasteiger partial charge in [0.05, 0.1) is 10.6 Å². The summed E-state index contributed by atoms with van der Waals surface area (Å²) in [5.74, 6) is 0. The van der Waals surface area contributed by atoms with E-state index in [4.69, 9.17) is 11.6 Å². The molecule has 0 N–H and O–H groups in total. The minimum atomic E-state index is -4.42. The second-order valence-corrected chi connectivity index (χ2v) is 3.80. The third-order valence-corrected chi connectivity index (χ3v) is 2.39. The van der Waals surface area contributed by atoms with Gasteiger partial charge in [0.1, 0.15) is 0 Å². The zero-order chi connectivity index (χ0) is 12.5. The van der Waals surface area contributed by atoms with Gasteiger partial charge in [-0.15, -0.1) is 0 Å². The molecule has 2 rings (SSSR count). The maximum atomic E-state index is 12.8. The molecule has 87 valence electrons. The molecule has 0 spiro atoms. The molecule has 5 heteroatoms. The average molecular weight is 257 g/mol. The van der Waals surface area contributed by atoms with Gasteiger partial charge in [-0.1, -0.05) is 23.7 Å². The third-order valence-electron chi connectivity index (χ3n) is 2.19. The van der Waals surface area contributed by atoms with E-state index in [0.29, 0.717) is 10.6 Å². The highest BCUT2D eigenvalue weighted by atomic mass is 35.5. The summed E-state index contributed by atoms with van der Waals surface area (Å²) in [7, 11) is 0. The molecule has 0 saturated carbocycles. The van der Waals surface area contributed by atoms with Crippen LogP contribution in [-0.4, -0.2) is 4.98 Å². The molecule has 0 bridgehead atoms. The van der Waals surface area contributed by atoms with E-state index in [9.17, 15) is 13.2 Å². The number of hydrogen-bond acceptors (Lipinski definition) is 1. The van der Waals surface area contributed by atoms with E-state index in [2.05, 4.69) is 11.1 Å². The van der Waals surface area contributed by atoms with E-state index in [1.54, 1.807) is 0 Å². The second kappa shape index (κ2) is 4.37. The van der Waals surface area contributed by atoms with Gasteiger partial charge in [0, 0.05) is 18.0 Å². The molecule has 17 heavy (non-hydrogen) atoms. The fourth-order valence-electron chi connectivity index (χ4n) is 1.48. The molecule has 0 amide bonds. The van der Waals surface area contributed by atoms with Crippen LogP contribution in [-0.2, 0) is 6.18 Å². The smallest absolute Gasteiger partial charge is 0.263 e. The lowest BCUT2D eigenvalue weighted by molar-refractivity contribution is -0.137. The van der Waals surface area contributed by atoms with Crippen LogP contribution in [0.15, 0.2) is 36.7 Å². The molecule has 1 heterocycles. The molecule has 0 atom stereocenters. The van der Waals surface area contributed by atoms with Crippen LogP contribution in [0.2, 0.25) is 5.02 Å². The molecule has 0 aliphatic rings. The van der Waals surface area contributed by atoms with Gasteiger partial charge in [-0.05, 0) is 23.8 Å². The Bertz CT molecular complexity index is 537. The molecule has 0 saturated heterocycles. The minimum absolute atomic E-state index is 0.0475. The van der Waals surface area contributed by atoms with Crippen molar-refractivity contribution in [3.63, 3.8) is 0 Å². The fourth-order valence-corrected chi connectivity index (χ4v) is 1.65. The average Bonchev–Trinajstić information content (AvgIpc) is 2.28. The number of benzene rings is 1. The monoisotopic (exact) mass is 256 g/mol. The zero-order valence-corrected chi connectivity index (χ0v) is 9.18. The van der Waals surface area contributed by atoms with Crippen molar-refractivity contribution in [2.24, 2.45) is 0 Å². The number of rotatable bonds is 1. The molecular formula is C12H6ClF3N. The van der Waals surface area contributed by atoms with Crippen molar-refractivity contribution in [2.45, 2.75) is 6.18 Å². The van der Waals surface area contributed by atoms with Gasteiger partial charge in [-0.2, -0.15) is 13.2 Å². The molecule has 1 aromatic heterocycles. The van der Waals surface area contributed by atoms with E-state index >= 15 is 0 Å². The summed E-state index contributed by atoms with van der Waals surface area (Å²) >= 11 is 5.71. The Kier molecular flexibility index (Phi) is 3.07. The topological polar surface area (TPSA) is 12.9 Å². The number of aromatic nitrogens is 1. The van der Waals surface area contributed by atoms with Gasteiger partial charge in [-0.3, -0.25) is 4.98 Å². The van der Waals surface area contributed by atoms with Crippen LogP contribution in [0.5, 0.6) is 0 Å². The first-order chi connectivity index (χ1) is 7.98. The van der Waals surface area contributed by atoms with Gasteiger partial charge < -0.3 is 0 Å². The summed E-state index contributed by atoms with van der Waals surface area (Å²) in [6.07, 6.45) is -1.71. The Hall–Kier alpha value is -1.55. The number of pyridine rings is 1. The summed E-state index contributed by atoms with van der Waals surface area (Å²) in [5.41, 5.74) is -0.367. The molecule has 1 aromatic carbocycles. The quantitative estimate of drug-likeness (QED) is 0.744. The van der Waals surface area contributed by atoms with Crippen molar-refractivity contribution in [1.29, 1.82) is 0 Å². The number of halogens is 4. The summed E-state index contributed by atoms with van der Waals surface area (Å²) < 4.78 is 38.3. The summed E-state index contributed by atoms with van der Waals surface area (Å²) in [6.45, 7) is 0. The Balaban J connectivity index is 2.60. The zero-order valence-electron chi connectivity index (χ0n) is 8.42. The largest absolute Gasteiger partial charge is 0.417 e. The third kappa shape index (κ3) is 2.58. The minimum Gasteiger partial charge on any atom is -0.263 e. The molecule has 0 unspecified atom stereocenters. The van der Waals surface area contributed by atoms with Crippen LogP contribution in [0, 0.1) is 6.07 Å². The molecule has 0 fully saturated rings. The highest BCUT2D eigenvalue weighted by Crippen LogP contribution is 2.36. The van der Waals surface area contributed by atoms with Gasteiger partial charge in [0.15, 0.2) is 0 Å². The van der Waals surface area contributed by atoms with Gasteiger partial charge in [0.2, 0.25) is 0 Å². The highest BCUT2D eigenvalue weighted by Gasteiger charge is 2.33. The number of nitrogens with zero attached hydrogens (tertiary/aromatic N) is 1. The summed E-state index contributed by atoms with van der Waals surface area (Å²) in [6, 6.07) is 7.54. The first kappa shape index (κ1) is 11.9. The molecule has 0 aliphatic heterocycles. The lowest BCUT2D eigenvalue weighted by atomic mass is 10.0. The Morgan fingerprint density at radius 3 is 2.65 bits per heavy atom. The van der Waals surface area contributed by atoms with Crippen molar-refractivity contribution < 1.29 is 13.2 Å². The molecule has 2 aromatic rings. The van der Waals surface area contributed by atoms with Gasteiger partial charge in [-0.25, -0.2) is 0 Å². The molecular weight excluding hydrogens is 251 g/mol. The summed E-state index contributed by atoms with van der Waals surface area (Å²) in [5, 5.41) is 0.295. The van der Waals surface area contributed by atoms with E-state index < -0.39 is 11.7 Å². The fraction of sp³-hybridized carbons (Fsp3) is 0.0833. The predicted octanol–water partition coefficient (Wildman–Crippen LogP) is 4.22. The van der Waals surface area contributed by atoms with Gasteiger partial charge in [0.25, 0.3) is 0 Å². The van der Waals surface area contributed by atoms with Crippen LogP contribution in [0.3, 0.4) is 0 Å². The number of alkyl halides is 3. The van der Waals surface area contributed by atoms with E-state index in [1.807, 2.05) is 0 Å². The maximum absolute atomic E-state index is 12.8. The Morgan fingerprint density at radius 2 is 2.00 bits per heavy atom. The maximum Gasteiger partial charge on any atom is 0.417 e. The van der Waals surface area contributed by atoms with Crippen LogP contribution < -0.4 is 0 Å². The molecule has 1 radical (unpaired) electrons. The Labute approximate surface area is 101 Å². The molecule has 0 aliphatic carbocycles. The SMILES string of the molecule is FC(F)(F)c1c[c]ccc1-c1cncc(Cl)c1. The van der Waals surface area contributed by atoms with Crippen molar-refractivity contribution in [2.75, 3.05) is 0 Å². The van der Waals surface area contributed by atoms with Crippen molar-refractivity contribution >= 4 is 11.6 Å². The Morgan fingerprint density at radius 1 is 1.24 bits per heavy atom. The normalized spacial score (nSPS) is 11.5. The van der Waals surface area contributed by atoms with E-state index in [-0.39, 0.29) is 5.56 Å². The summed E-state index contributed by atoms with van der Waals surface area (Å²) in [4.78, 5) is 3.77. The van der Waals surface area contributed by atoms with Crippen LogP contribution >= 0.6 is 11.6 Å². The lowest BCUT2D eigenvalue weighted by Gasteiger charge is -2.12. The standard InChI is InChI=1S/C12H6ClF3N/c13-9-5-8(6-17-7-9)10-3-1-2-4-11(10)12(14,15)16/h1,3-7H. The van der Waals surface area contributed by atoms with Crippen LogP contribution in [0.1, 0.15) is 5.56 Å². The first-order valence-electron chi connectivity index (χ1n) is 4.67. The predicted molar refractivity (Wildman–Crippen MR) is 58.5 cm³/mol. The van der Waals surface area contributed by atoms with E-state index in [1.165, 1.54) is 30.6 Å². The number of hydrogen-bond donors (Lipinski definition) is 0. The van der Waals surface area contributed by atoms with Crippen molar-refractivity contribution in [3.8, 4) is 11.1 Å². The second-order valence-electron chi connectivity index (χ2n) is 3.36.